The van der Waals surface area contributed by atoms with Crippen molar-refractivity contribution in [1.29, 1.82) is 0 Å². The van der Waals surface area contributed by atoms with E-state index >= 15 is 0 Å². The molecule has 0 N–H and O–H groups in total. The summed E-state index contributed by atoms with van der Waals surface area (Å²) in [5.41, 5.74) is 1.98. The van der Waals surface area contributed by atoms with E-state index in [-0.39, 0.29) is 31.3 Å². The molecule has 0 aromatic heterocycles. The number of morpholine rings is 1. The molecule has 3 rings (SSSR count). The van der Waals surface area contributed by atoms with Gasteiger partial charge in [0, 0.05) is 13.1 Å². The summed E-state index contributed by atoms with van der Waals surface area (Å²) in [5.74, 6) is -0.494. The Hall–Kier alpha value is -2.57. The molecular weight excluding hydrogens is 394 g/mol. The number of esters is 1. The van der Waals surface area contributed by atoms with Gasteiger partial charge in [0.1, 0.15) is 5.75 Å². The third-order valence-electron chi connectivity index (χ3n) is 4.51. The summed E-state index contributed by atoms with van der Waals surface area (Å²) in [7, 11) is 0. The molecule has 2 aromatic rings. The summed E-state index contributed by atoms with van der Waals surface area (Å²) in [6.45, 7) is 4.14. The molecule has 1 amide bonds. The third kappa shape index (κ3) is 5.95. The van der Waals surface area contributed by atoms with Crippen molar-refractivity contribution in [3.05, 3.63) is 53.6 Å². The largest absolute Gasteiger partial charge is 0.480 e. The van der Waals surface area contributed by atoms with Gasteiger partial charge in [-0.3, -0.25) is 4.79 Å². The van der Waals surface area contributed by atoms with Gasteiger partial charge in [-0.2, -0.15) is 0 Å². The molecule has 1 aliphatic rings. The quantitative estimate of drug-likeness (QED) is 0.672. The molecule has 1 fully saturated rings. The van der Waals surface area contributed by atoms with Crippen LogP contribution >= 0.6 is 11.6 Å². The first-order chi connectivity index (χ1) is 13.9. The minimum absolute atomic E-state index is 0.0391. The third-order valence-corrected chi connectivity index (χ3v) is 4.81. The van der Waals surface area contributed by atoms with Gasteiger partial charge in [0.15, 0.2) is 13.2 Å². The zero-order valence-electron chi connectivity index (χ0n) is 16.5. The van der Waals surface area contributed by atoms with Crippen LogP contribution < -0.4 is 4.74 Å². The molecule has 7 heteroatoms. The Morgan fingerprint density at radius 2 is 1.72 bits per heavy atom. The summed E-state index contributed by atoms with van der Waals surface area (Å²) in [6.07, 6.45) is -0.0783. The number of nitrogens with zero attached hydrogens (tertiary/aromatic N) is 1. The number of hydrogen-bond acceptors (Lipinski definition) is 5. The van der Waals surface area contributed by atoms with Crippen LogP contribution in [0.2, 0.25) is 5.02 Å². The van der Waals surface area contributed by atoms with Crippen molar-refractivity contribution in [3.63, 3.8) is 0 Å². The summed E-state index contributed by atoms with van der Waals surface area (Å²) in [6, 6.07) is 15.2. The number of carbonyl (C=O) groups excluding carboxylic acids is 2. The predicted molar refractivity (Wildman–Crippen MR) is 110 cm³/mol. The molecule has 1 aliphatic heterocycles. The number of carbonyl (C=O) groups is 2. The summed E-state index contributed by atoms with van der Waals surface area (Å²) in [4.78, 5) is 25.8. The molecular formula is C22H24ClNO5. The van der Waals surface area contributed by atoms with Gasteiger partial charge in [0.25, 0.3) is 5.91 Å². The molecule has 0 aliphatic carbocycles. The van der Waals surface area contributed by atoms with Crippen molar-refractivity contribution in [2.75, 3.05) is 26.3 Å². The van der Waals surface area contributed by atoms with Gasteiger partial charge in [-0.1, -0.05) is 48.0 Å². The average Bonchev–Trinajstić information content (AvgIpc) is 2.71. The van der Waals surface area contributed by atoms with Crippen molar-refractivity contribution in [2.24, 2.45) is 0 Å². The van der Waals surface area contributed by atoms with Crippen molar-refractivity contribution >= 4 is 23.5 Å². The van der Waals surface area contributed by atoms with E-state index in [0.717, 1.165) is 11.1 Å². The maximum absolute atomic E-state index is 12.2. The van der Waals surface area contributed by atoms with Crippen molar-refractivity contribution < 1.29 is 23.8 Å². The normalized spacial score (nSPS) is 18.9. The fraction of sp³-hybridized carbons (Fsp3) is 0.364. The number of hydrogen-bond donors (Lipinski definition) is 0. The van der Waals surface area contributed by atoms with E-state index < -0.39 is 5.97 Å². The van der Waals surface area contributed by atoms with Crippen LogP contribution in [0.3, 0.4) is 0 Å². The van der Waals surface area contributed by atoms with Crippen LogP contribution in [0.4, 0.5) is 0 Å². The lowest BCUT2D eigenvalue weighted by atomic mass is 10.1. The van der Waals surface area contributed by atoms with Crippen molar-refractivity contribution in [2.45, 2.75) is 26.1 Å². The fourth-order valence-corrected chi connectivity index (χ4v) is 3.46. The molecule has 1 saturated heterocycles. The van der Waals surface area contributed by atoms with Gasteiger partial charge in [-0.05, 0) is 37.1 Å². The van der Waals surface area contributed by atoms with E-state index in [1.165, 1.54) is 0 Å². The molecule has 29 heavy (non-hydrogen) atoms. The Morgan fingerprint density at radius 3 is 2.38 bits per heavy atom. The number of rotatable bonds is 6. The highest BCUT2D eigenvalue weighted by Crippen LogP contribution is 2.30. The van der Waals surface area contributed by atoms with Crippen molar-refractivity contribution in [3.8, 4) is 16.9 Å². The van der Waals surface area contributed by atoms with Crippen LogP contribution in [0.25, 0.3) is 11.1 Å². The smallest absolute Gasteiger partial charge is 0.344 e. The summed E-state index contributed by atoms with van der Waals surface area (Å²) >= 11 is 6.27. The SMILES string of the molecule is C[C@H]1CN(C(=O)COC(=O)COc2ccc(-c3ccccc3)cc2Cl)C[C@H](C)O1. The van der Waals surface area contributed by atoms with E-state index in [4.69, 9.17) is 25.8 Å². The Labute approximate surface area is 175 Å². The maximum Gasteiger partial charge on any atom is 0.344 e. The first kappa shape index (κ1) is 21.1. The second-order valence-electron chi connectivity index (χ2n) is 7.02. The zero-order chi connectivity index (χ0) is 20.8. The number of ether oxygens (including phenoxy) is 3. The standard InChI is InChI=1S/C22H24ClNO5/c1-15-11-24(12-16(2)29-15)21(25)13-28-22(26)14-27-20-9-8-18(10-19(20)23)17-6-4-3-5-7-17/h3-10,15-16H,11-14H2,1-2H3/t15-,16-/m0/s1. The molecule has 0 bridgehead atoms. The topological polar surface area (TPSA) is 65.1 Å². The summed E-state index contributed by atoms with van der Waals surface area (Å²) < 4.78 is 16.1. The predicted octanol–water partition coefficient (Wildman–Crippen LogP) is 3.56. The Bertz CT molecular complexity index is 848. The minimum atomic E-state index is -0.629. The van der Waals surface area contributed by atoms with Gasteiger partial charge in [0.2, 0.25) is 0 Å². The lowest BCUT2D eigenvalue weighted by Crippen LogP contribution is -2.49. The van der Waals surface area contributed by atoms with Crippen LogP contribution in [0.1, 0.15) is 13.8 Å². The van der Waals surface area contributed by atoms with Crippen molar-refractivity contribution in [1.82, 2.24) is 4.90 Å². The monoisotopic (exact) mass is 417 g/mol. The van der Waals surface area contributed by atoms with E-state index in [1.807, 2.05) is 50.2 Å². The molecule has 0 saturated carbocycles. The lowest BCUT2D eigenvalue weighted by Gasteiger charge is -2.35. The molecule has 0 radical (unpaired) electrons. The van der Waals surface area contributed by atoms with E-state index in [0.29, 0.717) is 23.9 Å². The summed E-state index contributed by atoms with van der Waals surface area (Å²) in [5, 5.41) is 0.395. The zero-order valence-corrected chi connectivity index (χ0v) is 17.2. The van der Waals surface area contributed by atoms with E-state index in [9.17, 15) is 9.59 Å². The maximum atomic E-state index is 12.2. The first-order valence-corrected chi connectivity index (χ1v) is 9.87. The first-order valence-electron chi connectivity index (χ1n) is 9.49. The number of amides is 1. The van der Waals surface area contributed by atoms with Gasteiger partial charge >= 0.3 is 5.97 Å². The molecule has 154 valence electrons. The van der Waals surface area contributed by atoms with Crippen LogP contribution in [0.15, 0.2) is 48.5 Å². The van der Waals surface area contributed by atoms with Gasteiger partial charge in [-0.15, -0.1) is 0 Å². The highest BCUT2D eigenvalue weighted by Gasteiger charge is 2.26. The lowest BCUT2D eigenvalue weighted by molar-refractivity contribution is -0.158. The Kier molecular flexibility index (Phi) is 7.12. The van der Waals surface area contributed by atoms with E-state index in [1.54, 1.807) is 17.0 Å². The second-order valence-corrected chi connectivity index (χ2v) is 7.42. The fourth-order valence-electron chi connectivity index (χ4n) is 3.22. The molecule has 2 aromatic carbocycles. The molecule has 0 spiro atoms. The molecule has 6 nitrogen and oxygen atoms in total. The van der Waals surface area contributed by atoms with Gasteiger partial charge < -0.3 is 19.1 Å². The molecule has 2 atom stereocenters. The van der Waals surface area contributed by atoms with Crippen LogP contribution in [0, 0.1) is 0 Å². The number of halogens is 1. The average molecular weight is 418 g/mol. The highest BCUT2D eigenvalue weighted by atomic mass is 35.5. The van der Waals surface area contributed by atoms with Crippen LogP contribution in [-0.2, 0) is 19.1 Å². The van der Waals surface area contributed by atoms with Gasteiger partial charge in [0.05, 0.1) is 17.2 Å². The molecule has 0 unspecified atom stereocenters. The van der Waals surface area contributed by atoms with E-state index in [2.05, 4.69) is 0 Å². The Morgan fingerprint density at radius 1 is 1.03 bits per heavy atom. The van der Waals surface area contributed by atoms with Crippen LogP contribution in [-0.4, -0.2) is 55.3 Å². The molecule has 1 heterocycles. The number of benzene rings is 2. The van der Waals surface area contributed by atoms with Gasteiger partial charge in [-0.25, -0.2) is 4.79 Å². The second kappa shape index (κ2) is 9.76. The van der Waals surface area contributed by atoms with Crippen LogP contribution in [0.5, 0.6) is 5.75 Å². The highest BCUT2D eigenvalue weighted by molar-refractivity contribution is 6.32. The minimum Gasteiger partial charge on any atom is -0.480 e. The Balaban J connectivity index is 1.47.